The number of carbonyl (C=O) groups is 6. The second-order valence-electron chi connectivity index (χ2n) is 17.9. The lowest BCUT2D eigenvalue weighted by atomic mass is 9.93. The Bertz CT molecular complexity index is 2480. The molecule has 4 amide bonds. The van der Waals surface area contributed by atoms with Gasteiger partial charge in [0.05, 0.1) is 24.5 Å². The van der Waals surface area contributed by atoms with E-state index < -0.39 is 41.7 Å². The maximum absolute atomic E-state index is 14.1. The smallest absolute Gasteiger partial charge is 0.408 e. The van der Waals surface area contributed by atoms with Gasteiger partial charge in [0.2, 0.25) is 11.8 Å². The molecule has 7 rings (SSSR count). The minimum absolute atomic E-state index is 0. The molecule has 0 spiro atoms. The van der Waals surface area contributed by atoms with Gasteiger partial charge in [0.25, 0.3) is 5.91 Å². The fraction of sp³-hybridized carbons (Fsp3) is 0.385. The molecule has 3 N–H and O–H groups in total. The van der Waals surface area contributed by atoms with Gasteiger partial charge < -0.3 is 34.9 Å². The Kier molecular flexibility index (Phi) is 15.3. The van der Waals surface area contributed by atoms with Crippen molar-refractivity contribution < 1.29 is 38.2 Å². The average Bonchev–Trinajstić information content (AvgIpc) is 4.05. The van der Waals surface area contributed by atoms with Gasteiger partial charge in [-0.05, 0) is 113 Å². The monoisotopic (exact) mass is 883 g/mol. The number of fused-ring (bicyclic) bond motifs is 1. The van der Waals surface area contributed by atoms with Crippen LogP contribution in [-0.2, 0) is 39.9 Å². The predicted molar refractivity (Wildman–Crippen MR) is 251 cm³/mol. The quantitative estimate of drug-likeness (QED) is 0.0930. The van der Waals surface area contributed by atoms with Gasteiger partial charge in [-0.25, -0.2) is 4.79 Å². The van der Waals surface area contributed by atoms with Gasteiger partial charge >= 0.3 is 12.1 Å². The molecule has 13 heteroatoms. The van der Waals surface area contributed by atoms with Crippen LogP contribution in [0.3, 0.4) is 0 Å². The van der Waals surface area contributed by atoms with Crippen molar-refractivity contribution >= 4 is 52.2 Å². The number of likely N-dealkylation sites (tertiary alicyclic amines) is 2. The highest BCUT2D eigenvalue weighted by Gasteiger charge is 2.40. The number of ketones is 1. The summed E-state index contributed by atoms with van der Waals surface area (Å²) in [6, 6.07) is 31.1. The van der Waals surface area contributed by atoms with E-state index in [4.69, 9.17) is 9.47 Å². The first-order chi connectivity index (χ1) is 30.6. The zero-order valence-corrected chi connectivity index (χ0v) is 37.1. The van der Waals surface area contributed by atoms with E-state index in [1.165, 1.54) is 0 Å². The van der Waals surface area contributed by atoms with Crippen molar-refractivity contribution in [2.24, 2.45) is 0 Å². The van der Waals surface area contributed by atoms with Crippen LogP contribution in [0.1, 0.15) is 103 Å². The highest BCUT2D eigenvalue weighted by molar-refractivity contribution is 5.99. The fourth-order valence-electron chi connectivity index (χ4n) is 8.64. The zero-order chi connectivity index (χ0) is 45.5. The lowest BCUT2D eigenvalue weighted by molar-refractivity contribution is -0.157. The summed E-state index contributed by atoms with van der Waals surface area (Å²) >= 11 is 0. The van der Waals surface area contributed by atoms with E-state index in [0.29, 0.717) is 55.6 Å². The molecule has 4 aromatic carbocycles. The summed E-state index contributed by atoms with van der Waals surface area (Å²) in [4.78, 5) is 87.8. The standard InChI is InChI=1S/C51H57N5O8.CH4/c1-32(2)63-50(62)54-46(36-16-10-7-11-17-36)49(61)55-26-12-18-42(55)44(57)29-33-20-25-40-37(28-33)30-41(53-40)35-21-23-38(24-22-35)52-47(59)43-19-13-27-56(43)48(60)39(34-14-8-6-9-15-34)31-45(58)64-51(3,4)5;/h6-11,14-17,20-25,28,30,32,39,42-43,46,53H,12-13,18-19,26-27,29,31H2,1-5H3,(H,52,59)(H,54,62);1H4/t39-,42+,43+,46-;/m1./s1. The number of amides is 4. The molecule has 3 heterocycles. The van der Waals surface area contributed by atoms with Crippen LogP contribution in [-0.4, -0.2) is 87.2 Å². The number of rotatable bonds is 14. The Hall–Kier alpha value is -6.76. The average molecular weight is 884 g/mol. The van der Waals surface area contributed by atoms with Crippen molar-refractivity contribution in [1.82, 2.24) is 20.1 Å². The van der Waals surface area contributed by atoms with E-state index in [-0.39, 0.29) is 49.9 Å². The maximum atomic E-state index is 14.1. The molecule has 4 atom stereocenters. The molecule has 2 saturated heterocycles. The van der Waals surface area contributed by atoms with E-state index in [1.54, 1.807) is 68.7 Å². The second-order valence-corrected chi connectivity index (χ2v) is 17.9. The number of carbonyl (C=O) groups excluding carboxylic acids is 6. The Balaban J connectivity index is 0.00000700. The molecular weight excluding hydrogens is 823 g/mol. The van der Waals surface area contributed by atoms with Crippen molar-refractivity contribution in [3.05, 3.63) is 126 Å². The molecule has 65 heavy (non-hydrogen) atoms. The first kappa shape index (κ1) is 47.7. The number of hydrogen-bond acceptors (Lipinski definition) is 8. The van der Waals surface area contributed by atoms with Crippen LogP contribution in [0, 0.1) is 0 Å². The summed E-state index contributed by atoms with van der Waals surface area (Å²) in [5, 5.41) is 6.64. The summed E-state index contributed by atoms with van der Waals surface area (Å²) < 4.78 is 10.9. The number of ether oxygens (including phenoxy) is 2. The fourth-order valence-corrected chi connectivity index (χ4v) is 8.64. The molecule has 2 aliphatic heterocycles. The van der Waals surface area contributed by atoms with Crippen LogP contribution in [0.15, 0.2) is 109 Å². The Morgan fingerprint density at radius 2 is 1.37 bits per heavy atom. The molecule has 1 aromatic heterocycles. The number of aromatic amines is 1. The van der Waals surface area contributed by atoms with Gasteiger partial charge in [-0.2, -0.15) is 0 Å². The minimum atomic E-state index is -0.995. The van der Waals surface area contributed by atoms with Crippen LogP contribution >= 0.6 is 0 Å². The number of nitrogens with one attached hydrogen (secondary N) is 3. The normalized spacial score (nSPS) is 17.0. The molecule has 0 aliphatic carbocycles. The summed E-state index contributed by atoms with van der Waals surface area (Å²) in [5.41, 5.74) is 4.63. The van der Waals surface area contributed by atoms with Gasteiger partial charge in [-0.1, -0.05) is 86.3 Å². The highest BCUT2D eigenvalue weighted by atomic mass is 16.6. The maximum Gasteiger partial charge on any atom is 0.408 e. The summed E-state index contributed by atoms with van der Waals surface area (Å²) in [6.45, 7) is 9.65. The third kappa shape index (κ3) is 11.9. The Labute approximate surface area is 381 Å². The largest absolute Gasteiger partial charge is 0.460 e. The summed E-state index contributed by atoms with van der Waals surface area (Å²) in [5.74, 6) is -2.25. The molecule has 0 unspecified atom stereocenters. The molecule has 2 fully saturated rings. The lowest BCUT2D eigenvalue weighted by Gasteiger charge is -2.29. The van der Waals surface area contributed by atoms with Crippen LogP contribution in [0.4, 0.5) is 10.5 Å². The molecule has 5 aromatic rings. The van der Waals surface area contributed by atoms with Crippen molar-refractivity contribution in [1.29, 1.82) is 0 Å². The molecule has 13 nitrogen and oxygen atoms in total. The van der Waals surface area contributed by atoms with Crippen LogP contribution in [0.5, 0.6) is 0 Å². The van der Waals surface area contributed by atoms with E-state index in [9.17, 15) is 28.8 Å². The number of hydrogen-bond donors (Lipinski definition) is 3. The van der Waals surface area contributed by atoms with Crippen LogP contribution in [0.25, 0.3) is 22.2 Å². The van der Waals surface area contributed by atoms with Crippen molar-refractivity contribution in [3.8, 4) is 11.3 Å². The van der Waals surface area contributed by atoms with Crippen LogP contribution < -0.4 is 10.6 Å². The third-order valence-electron chi connectivity index (χ3n) is 11.5. The summed E-state index contributed by atoms with van der Waals surface area (Å²) in [6.07, 6.45) is 1.33. The number of benzene rings is 4. The van der Waals surface area contributed by atoms with Gasteiger partial charge in [-0.3, -0.25) is 24.0 Å². The second kappa shape index (κ2) is 20.8. The third-order valence-corrected chi connectivity index (χ3v) is 11.5. The molecule has 0 radical (unpaired) electrons. The highest BCUT2D eigenvalue weighted by Crippen LogP contribution is 2.31. The molecule has 342 valence electrons. The predicted octanol–water partition coefficient (Wildman–Crippen LogP) is 8.89. The van der Waals surface area contributed by atoms with Crippen LogP contribution in [0.2, 0.25) is 0 Å². The number of Topliss-reactive ketones (excluding diaryl/α,β-unsaturated/α-hetero) is 1. The molecular formula is C52H61N5O8. The molecule has 0 saturated carbocycles. The Morgan fingerprint density at radius 1 is 0.754 bits per heavy atom. The van der Waals surface area contributed by atoms with Crippen molar-refractivity contribution in [2.75, 3.05) is 18.4 Å². The first-order valence-electron chi connectivity index (χ1n) is 22.1. The number of anilines is 1. The van der Waals surface area contributed by atoms with Crippen molar-refractivity contribution in [2.45, 2.75) is 116 Å². The number of alkyl carbamates (subject to hydrolysis) is 1. The first-order valence-corrected chi connectivity index (χ1v) is 22.1. The van der Waals surface area contributed by atoms with E-state index in [2.05, 4.69) is 15.6 Å². The SMILES string of the molecule is C.CC(C)OC(=O)N[C@@H](C(=O)N1CCC[C@H]1C(=O)Cc1ccc2[nH]c(-c3ccc(NC(=O)[C@@H]4CCCN4C(=O)[C@H](CC(=O)OC(C)(C)C)c4ccccc4)cc3)cc2c1)c1ccccc1. The lowest BCUT2D eigenvalue weighted by Crippen LogP contribution is -2.48. The number of aromatic nitrogens is 1. The minimum Gasteiger partial charge on any atom is -0.460 e. The molecule has 0 bridgehead atoms. The van der Waals surface area contributed by atoms with Gasteiger partial charge in [0.15, 0.2) is 5.78 Å². The van der Waals surface area contributed by atoms with E-state index >= 15 is 0 Å². The number of esters is 1. The zero-order valence-electron chi connectivity index (χ0n) is 37.1. The summed E-state index contributed by atoms with van der Waals surface area (Å²) in [7, 11) is 0. The van der Waals surface area contributed by atoms with E-state index in [1.807, 2.05) is 84.9 Å². The van der Waals surface area contributed by atoms with E-state index in [0.717, 1.165) is 27.7 Å². The molecule has 2 aliphatic rings. The topological polar surface area (TPSA) is 167 Å². The number of nitrogens with zero attached hydrogens (tertiary/aromatic N) is 2. The Morgan fingerprint density at radius 3 is 2.00 bits per heavy atom. The number of H-pyrrole nitrogens is 1. The van der Waals surface area contributed by atoms with Gasteiger partial charge in [0, 0.05) is 41.8 Å². The van der Waals surface area contributed by atoms with Crippen molar-refractivity contribution in [3.63, 3.8) is 0 Å². The van der Waals surface area contributed by atoms with Gasteiger partial charge in [-0.15, -0.1) is 0 Å². The van der Waals surface area contributed by atoms with Gasteiger partial charge in [0.1, 0.15) is 17.7 Å².